The molecule has 120 valence electrons. The Hall–Kier alpha value is -1.18. The maximum Gasteiger partial charge on any atom is 0.0829 e. The SMILES string of the molecule is CC12CCCCC1(C)N(c1cccc(Cl)c1Cl)c1ccccc12. The quantitative estimate of drug-likeness (QED) is 0.553. The van der Waals surface area contributed by atoms with Crippen molar-refractivity contribution >= 4 is 34.6 Å². The van der Waals surface area contributed by atoms with Crippen LogP contribution in [0.4, 0.5) is 11.4 Å². The second kappa shape index (κ2) is 5.16. The van der Waals surface area contributed by atoms with E-state index in [1.165, 1.54) is 36.9 Å². The second-order valence-corrected chi connectivity index (χ2v) is 8.02. The third-order valence-corrected chi connectivity index (χ3v) is 6.99. The standard InChI is InChI=1S/C20H21Cl2N/c1-19-12-5-6-13-20(19,2)23(16-10-4-3-8-14(16)19)17-11-7-9-15(21)18(17)22/h3-4,7-11H,5-6,12-13H2,1-2H3. The van der Waals surface area contributed by atoms with E-state index in [-0.39, 0.29) is 11.0 Å². The first-order valence-corrected chi connectivity index (χ1v) is 9.08. The maximum absolute atomic E-state index is 6.60. The predicted molar refractivity (Wildman–Crippen MR) is 99.3 cm³/mol. The molecule has 1 fully saturated rings. The van der Waals surface area contributed by atoms with Crippen LogP contribution in [0.15, 0.2) is 42.5 Å². The van der Waals surface area contributed by atoms with Crippen molar-refractivity contribution in [1.29, 1.82) is 0 Å². The molecule has 0 aromatic heterocycles. The van der Waals surface area contributed by atoms with Crippen LogP contribution in [0.1, 0.15) is 45.1 Å². The Labute approximate surface area is 148 Å². The smallest absolute Gasteiger partial charge is 0.0829 e. The molecule has 0 amide bonds. The minimum absolute atomic E-state index is 0.0310. The van der Waals surface area contributed by atoms with Crippen LogP contribution < -0.4 is 4.90 Å². The van der Waals surface area contributed by atoms with Crippen molar-refractivity contribution in [2.45, 2.75) is 50.5 Å². The van der Waals surface area contributed by atoms with Crippen molar-refractivity contribution in [3.05, 3.63) is 58.1 Å². The molecule has 1 aliphatic carbocycles. The summed E-state index contributed by atoms with van der Waals surface area (Å²) in [5.41, 5.74) is 3.93. The van der Waals surface area contributed by atoms with Crippen LogP contribution in [0.25, 0.3) is 0 Å². The van der Waals surface area contributed by atoms with Gasteiger partial charge in [0.15, 0.2) is 0 Å². The van der Waals surface area contributed by atoms with E-state index in [1.807, 2.05) is 12.1 Å². The van der Waals surface area contributed by atoms with Gasteiger partial charge in [0.1, 0.15) is 0 Å². The number of hydrogen-bond donors (Lipinski definition) is 0. The average Bonchev–Trinajstić information content (AvgIpc) is 2.75. The van der Waals surface area contributed by atoms with Crippen LogP contribution in [0.5, 0.6) is 0 Å². The van der Waals surface area contributed by atoms with Gasteiger partial charge in [0, 0.05) is 11.1 Å². The fourth-order valence-corrected chi connectivity index (χ4v) is 5.12. The lowest BCUT2D eigenvalue weighted by molar-refractivity contribution is 0.195. The van der Waals surface area contributed by atoms with Gasteiger partial charge in [-0.15, -0.1) is 0 Å². The third kappa shape index (κ3) is 1.93. The zero-order valence-corrected chi connectivity index (χ0v) is 15.1. The lowest BCUT2D eigenvalue weighted by Gasteiger charge is -2.50. The number of benzene rings is 2. The van der Waals surface area contributed by atoms with Crippen molar-refractivity contribution in [1.82, 2.24) is 0 Å². The minimum Gasteiger partial charge on any atom is -0.333 e. The largest absolute Gasteiger partial charge is 0.333 e. The number of anilines is 2. The first-order valence-electron chi connectivity index (χ1n) is 8.33. The molecular formula is C20H21Cl2N. The van der Waals surface area contributed by atoms with E-state index < -0.39 is 0 Å². The van der Waals surface area contributed by atoms with Gasteiger partial charge in [-0.3, -0.25) is 0 Å². The summed E-state index contributed by atoms with van der Waals surface area (Å²) in [6.07, 6.45) is 4.93. The van der Waals surface area contributed by atoms with Crippen molar-refractivity contribution in [2.75, 3.05) is 4.90 Å². The number of nitrogens with zero attached hydrogens (tertiary/aromatic N) is 1. The zero-order valence-electron chi connectivity index (χ0n) is 13.6. The number of hydrogen-bond acceptors (Lipinski definition) is 1. The highest BCUT2D eigenvalue weighted by atomic mass is 35.5. The van der Waals surface area contributed by atoms with E-state index in [0.717, 1.165) is 5.69 Å². The number of para-hydroxylation sites is 1. The predicted octanol–water partition coefficient (Wildman–Crippen LogP) is 6.74. The topological polar surface area (TPSA) is 3.24 Å². The fourth-order valence-electron chi connectivity index (χ4n) is 4.74. The molecule has 2 unspecified atom stereocenters. The molecule has 2 aliphatic rings. The van der Waals surface area contributed by atoms with E-state index in [1.54, 1.807) is 0 Å². The lowest BCUT2D eigenvalue weighted by atomic mass is 9.61. The first-order chi connectivity index (χ1) is 11.0. The van der Waals surface area contributed by atoms with Gasteiger partial charge >= 0.3 is 0 Å². The van der Waals surface area contributed by atoms with E-state index in [0.29, 0.717) is 10.0 Å². The highest BCUT2D eigenvalue weighted by molar-refractivity contribution is 6.43. The van der Waals surface area contributed by atoms with Gasteiger partial charge in [-0.25, -0.2) is 0 Å². The molecule has 1 saturated carbocycles. The summed E-state index contributed by atoms with van der Waals surface area (Å²) in [6, 6.07) is 14.7. The second-order valence-electron chi connectivity index (χ2n) is 7.24. The minimum atomic E-state index is 0.0310. The van der Waals surface area contributed by atoms with Gasteiger partial charge in [-0.05, 0) is 43.5 Å². The highest BCUT2D eigenvalue weighted by Gasteiger charge is 2.57. The molecule has 2 aromatic rings. The van der Waals surface area contributed by atoms with Crippen LogP contribution in [0.2, 0.25) is 10.0 Å². The molecule has 0 saturated heterocycles. The molecule has 1 heterocycles. The third-order valence-electron chi connectivity index (χ3n) is 6.18. The van der Waals surface area contributed by atoms with Gasteiger partial charge in [0.05, 0.1) is 21.3 Å². The van der Waals surface area contributed by atoms with Gasteiger partial charge < -0.3 is 4.90 Å². The molecule has 0 radical (unpaired) electrons. The average molecular weight is 346 g/mol. The molecule has 0 spiro atoms. The van der Waals surface area contributed by atoms with Crippen molar-refractivity contribution in [2.24, 2.45) is 0 Å². The Morgan fingerprint density at radius 2 is 1.57 bits per heavy atom. The van der Waals surface area contributed by atoms with Gasteiger partial charge in [0.2, 0.25) is 0 Å². The Bertz CT molecular complexity index is 772. The summed E-state index contributed by atoms with van der Waals surface area (Å²) in [5, 5.41) is 1.27. The fraction of sp³-hybridized carbons (Fsp3) is 0.400. The Morgan fingerprint density at radius 1 is 0.870 bits per heavy atom. The van der Waals surface area contributed by atoms with Crippen molar-refractivity contribution in [3.63, 3.8) is 0 Å². The molecule has 4 rings (SSSR count). The Balaban J connectivity index is 2.00. The Kier molecular flexibility index (Phi) is 3.44. The van der Waals surface area contributed by atoms with Crippen molar-refractivity contribution in [3.8, 4) is 0 Å². The molecule has 1 aliphatic heterocycles. The number of rotatable bonds is 1. The van der Waals surface area contributed by atoms with E-state index in [9.17, 15) is 0 Å². The van der Waals surface area contributed by atoms with E-state index >= 15 is 0 Å². The molecule has 1 nitrogen and oxygen atoms in total. The molecular weight excluding hydrogens is 325 g/mol. The lowest BCUT2D eigenvalue weighted by Crippen LogP contribution is -2.54. The van der Waals surface area contributed by atoms with Crippen LogP contribution in [0.3, 0.4) is 0 Å². The molecule has 2 atom stereocenters. The summed E-state index contributed by atoms with van der Waals surface area (Å²) in [4.78, 5) is 2.45. The monoisotopic (exact) mass is 345 g/mol. The molecule has 0 bridgehead atoms. The maximum atomic E-state index is 6.60. The van der Waals surface area contributed by atoms with Crippen LogP contribution >= 0.6 is 23.2 Å². The number of fused-ring (bicyclic) bond motifs is 3. The molecule has 0 N–H and O–H groups in total. The highest BCUT2D eigenvalue weighted by Crippen LogP contribution is 2.61. The first kappa shape index (κ1) is 15.4. The Morgan fingerprint density at radius 3 is 2.39 bits per heavy atom. The van der Waals surface area contributed by atoms with Gasteiger partial charge in [-0.1, -0.05) is 67.2 Å². The normalized spacial score (nSPS) is 29.3. The van der Waals surface area contributed by atoms with Crippen LogP contribution in [-0.2, 0) is 5.41 Å². The summed E-state index contributed by atoms with van der Waals surface area (Å²) in [6.45, 7) is 4.81. The van der Waals surface area contributed by atoms with E-state index in [4.69, 9.17) is 23.2 Å². The van der Waals surface area contributed by atoms with Crippen LogP contribution in [0, 0.1) is 0 Å². The van der Waals surface area contributed by atoms with Crippen LogP contribution in [-0.4, -0.2) is 5.54 Å². The van der Waals surface area contributed by atoms with Gasteiger partial charge in [0.25, 0.3) is 0 Å². The van der Waals surface area contributed by atoms with Crippen molar-refractivity contribution < 1.29 is 0 Å². The van der Waals surface area contributed by atoms with Gasteiger partial charge in [-0.2, -0.15) is 0 Å². The molecule has 3 heteroatoms. The molecule has 23 heavy (non-hydrogen) atoms. The summed E-state index contributed by atoms with van der Waals surface area (Å²) in [5.74, 6) is 0. The zero-order chi connectivity index (χ0) is 16.2. The summed E-state index contributed by atoms with van der Waals surface area (Å²) < 4.78 is 0. The summed E-state index contributed by atoms with van der Waals surface area (Å²) in [7, 11) is 0. The van der Waals surface area contributed by atoms with E-state index in [2.05, 4.69) is 49.1 Å². The summed E-state index contributed by atoms with van der Waals surface area (Å²) >= 11 is 12.9. The molecule has 2 aromatic carbocycles. The number of halogens is 2.